The lowest BCUT2D eigenvalue weighted by molar-refractivity contribution is -0.144. The molecule has 0 saturated heterocycles. The molecule has 1 aromatic rings. The number of carbonyl (C=O) groups is 2. The maximum Gasteiger partial charge on any atom is 0.325 e. The van der Waals surface area contributed by atoms with Crippen molar-refractivity contribution in [2.75, 3.05) is 31.2 Å². The lowest BCUT2D eigenvalue weighted by atomic mass is 10.1. The molecule has 122 valence electrons. The number of hydrogen-bond acceptors (Lipinski definition) is 5. The van der Waals surface area contributed by atoms with E-state index < -0.39 is 0 Å². The second-order valence-electron chi connectivity index (χ2n) is 5.02. The summed E-state index contributed by atoms with van der Waals surface area (Å²) in [5.41, 5.74) is 3.10. The molecule has 0 saturated carbocycles. The summed E-state index contributed by atoms with van der Waals surface area (Å²) in [7, 11) is 0. The quantitative estimate of drug-likeness (QED) is 0.691. The fourth-order valence-corrected chi connectivity index (χ4v) is 2.40. The largest absolute Gasteiger partial charge is 0.466 e. The summed E-state index contributed by atoms with van der Waals surface area (Å²) in [6.45, 7) is 8.79. The Morgan fingerprint density at radius 2 is 1.55 bits per heavy atom. The second kappa shape index (κ2) is 9.07. The van der Waals surface area contributed by atoms with E-state index in [2.05, 4.69) is 0 Å². The van der Waals surface area contributed by atoms with Gasteiger partial charge in [0.1, 0.15) is 6.54 Å². The van der Waals surface area contributed by atoms with Crippen LogP contribution in [0.25, 0.3) is 0 Å². The van der Waals surface area contributed by atoms with E-state index in [4.69, 9.17) is 9.47 Å². The number of nitrogens with zero attached hydrogens (tertiary/aromatic N) is 1. The van der Waals surface area contributed by atoms with Crippen LogP contribution in [0.3, 0.4) is 0 Å². The third kappa shape index (κ3) is 5.39. The molecule has 1 rings (SSSR count). The van der Waals surface area contributed by atoms with Crippen molar-refractivity contribution in [1.29, 1.82) is 0 Å². The molecule has 1 aromatic carbocycles. The van der Waals surface area contributed by atoms with Crippen LogP contribution in [0.15, 0.2) is 18.2 Å². The van der Waals surface area contributed by atoms with E-state index in [9.17, 15) is 9.59 Å². The topological polar surface area (TPSA) is 55.8 Å². The highest BCUT2D eigenvalue weighted by atomic mass is 16.5. The Bertz CT molecular complexity index is 493. The number of benzene rings is 1. The van der Waals surface area contributed by atoms with Crippen molar-refractivity contribution in [3.8, 4) is 0 Å². The van der Waals surface area contributed by atoms with Crippen molar-refractivity contribution in [2.24, 2.45) is 0 Å². The molecule has 0 amide bonds. The summed E-state index contributed by atoms with van der Waals surface area (Å²) in [6, 6.07) is 5.96. The Morgan fingerprint density at radius 1 is 1.00 bits per heavy atom. The molecule has 22 heavy (non-hydrogen) atoms. The van der Waals surface area contributed by atoms with Gasteiger partial charge in [0.15, 0.2) is 0 Å². The standard InChI is InChI=1S/C17H25NO4/c1-5-21-15(19)10-11-18(12-16(20)22-6-2)17-13(3)8-7-9-14(17)4/h7-9H,5-6,10-12H2,1-4H3. The number of esters is 2. The van der Waals surface area contributed by atoms with Crippen molar-refractivity contribution in [3.63, 3.8) is 0 Å². The summed E-state index contributed by atoms with van der Waals surface area (Å²) >= 11 is 0. The number of ether oxygens (including phenoxy) is 2. The first-order valence-corrected chi connectivity index (χ1v) is 7.62. The van der Waals surface area contributed by atoms with Crippen LogP contribution in [-0.4, -0.2) is 38.2 Å². The summed E-state index contributed by atoms with van der Waals surface area (Å²) in [6.07, 6.45) is 0.237. The summed E-state index contributed by atoms with van der Waals surface area (Å²) in [5, 5.41) is 0. The monoisotopic (exact) mass is 307 g/mol. The van der Waals surface area contributed by atoms with Crippen molar-refractivity contribution in [2.45, 2.75) is 34.1 Å². The molecular formula is C17H25NO4. The van der Waals surface area contributed by atoms with E-state index in [0.29, 0.717) is 19.8 Å². The zero-order valence-corrected chi connectivity index (χ0v) is 13.8. The first kappa shape index (κ1) is 18.0. The Kier molecular flexibility index (Phi) is 7.43. The zero-order chi connectivity index (χ0) is 16.5. The molecule has 0 atom stereocenters. The van der Waals surface area contributed by atoms with Crippen LogP contribution in [0.5, 0.6) is 0 Å². The average molecular weight is 307 g/mol. The molecule has 0 unspecified atom stereocenters. The normalized spacial score (nSPS) is 10.2. The highest BCUT2D eigenvalue weighted by Gasteiger charge is 2.17. The van der Waals surface area contributed by atoms with Crippen LogP contribution in [0.2, 0.25) is 0 Å². The maximum atomic E-state index is 11.8. The molecule has 0 aromatic heterocycles. The van der Waals surface area contributed by atoms with Gasteiger partial charge in [-0.2, -0.15) is 0 Å². The predicted octanol–water partition coefficient (Wildman–Crippen LogP) is 2.63. The van der Waals surface area contributed by atoms with Gasteiger partial charge in [0.2, 0.25) is 0 Å². The molecule has 0 aliphatic heterocycles. The van der Waals surface area contributed by atoms with Crippen LogP contribution in [0, 0.1) is 13.8 Å². The SMILES string of the molecule is CCOC(=O)CCN(CC(=O)OCC)c1c(C)cccc1C. The van der Waals surface area contributed by atoms with Gasteiger partial charge in [0.05, 0.1) is 19.6 Å². The van der Waals surface area contributed by atoms with Crippen LogP contribution in [0.1, 0.15) is 31.4 Å². The van der Waals surface area contributed by atoms with Gasteiger partial charge in [0.25, 0.3) is 0 Å². The average Bonchev–Trinajstić information content (AvgIpc) is 2.45. The fourth-order valence-electron chi connectivity index (χ4n) is 2.40. The third-order valence-corrected chi connectivity index (χ3v) is 3.27. The number of aryl methyl sites for hydroxylation is 2. The predicted molar refractivity (Wildman–Crippen MR) is 86.0 cm³/mol. The van der Waals surface area contributed by atoms with E-state index in [1.807, 2.05) is 36.9 Å². The molecule has 0 N–H and O–H groups in total. The molecule has 5 nitrogen and oxygen atoms in total. The van der Waals surface area contributed by atoms with Crippen LogP contribution in [0.4, 0.5) is 5.69 Å². The van der Waals surface area contributed by atoms with Gasteiger partial charge in [-0.25, -0.2) is 0 Å². The fraction of sp³-hybridized carbons (Fsp3) is 0.529. The highest BCUT2D eigenvalue weighted by Crippen LogP contribution is 2.24. The summed E-state index contributed by atoms with van der Waals surface area (Å²) in [5.74, 6) is -0.559. The maximum absolute atomic E-state index is 11.8. The molecule has 0 spiro atoms. The first-order valence-electron chi connectivity index (χ1n) is 7.62. The van der Waals surface area contributed by atoms with Gasteiger partial charge in [-0.15, -0.1) is 0 Å². The van der Waals surface area contributed by atoms with Gasteiger partial charge < -0.3 is 14.4 Å². The second-order valence-corrected chi connectivity index (χ2v) is 5.02. The number of rotatable bonds is 8. The number of carbonyl (C=O) groups excluding carboxylic acids is 2. The number of hydrogen-bond donors (Lipinski definition) is 0. The van der Waals surface area contributed by atoms with E-state index >= 15 is 0 Å². The van der Waals surface area contributed by atoms with Gasteiger partial charge in [-0.1, -0.05) is 18.2 Å². The minimum absolute atomic E-state index is 0.124. The molecule has 0 aliphatic carbocycles. The minimum atomic E-state index is -0.297. The third-order valence-electron chi connectivity index (χ3n) is 3.27. The smallest absolute Gasteiger partial charge is 0.325 e. The van der Waals surface area contributed by atoms with Crippen molar-refractivity contribution in [1.82, 2.24) is 0 Å². The van der Waals surface area contributed by atoms with Crippen LogP contribution < -0.4 is 4.90 Å². The zero-order valence-electron chi connectivity index (χ0n) is 13.8. The van der Waals surface area contributed by atoms with Crippen LogP contribution in [-0.2, 0) is 19.1 Å². The van der Waals surface area contributed by atoms with E-state index in [1.165, 1.54) is 0 Å². The Balaban J connectivity index is 2.90. The van der Waals surface area contributed by atoms with Gasteiger partial charge in [0, 0.05) is 12.2 Å². The Labute approximate surface area is 132 Å². The lowest BCUT2D eigenvalue weighted by Gasteiger charge is -2.27. The molecule has 5 heteroatoms. The first-order chi connectivity index (χ1) is 10.5. The number of para-hydroxylation sites is 1. The van der Waals surface area contributed by atoms with Gasteiger partial charge in [-0.3, -0.25) is 9.59 Å². The molecule has 0 aliphatic rings. The van der Waals surface area contributed by atoms with Crippen molar-refractivity contribution < 1.29 is 19.1 Å². The van der Waals surface area contributed by atoms with E-state index in [-0.39, 0.29) is 24.9 Å². The Hall–Kier alpha value is -2.04. The van der Waals surface area contributed by atoms with Crippen LogP contribution >= 0.6 is 0 Å². The molecular weight excluding hydrogens is 282 g/mol. The lowest BCUT2D eigenvalue weighted by Crippen LogP contribution is -2.34. The molecule has 0 heterocycles. The van der Waals surface area contributed by atoms with E-state index in [1.54, 1.807) is 13.8 Å². The van der Waals surface area contributed by atoms with Crippen molar-refractivity contribution >= 4 is 17.6 Å². The summed E-state index contributed by atoms with van der Waals surface area (Å²) in [4.78, 5) is 25.3. The van der Waals surface area contributed by atoms with E-state index in [0.717, 1.165) is 16.8 Å². The van der Waals surface area contributed by atoms with Crippen molar-refractivity contribution in [3.05, 3.63) is 29.3 Å². The highest BCUT2D eigenvalue weighted by molar-refractivity contribution is 5.78. The number of anilines is 1. The Morgan fingerprint density at radius 3 is 2.09 bits per heavy atom. The summed E-state index contributed by atoms with van der Waals surface area (Å²) < 4.78 is 9.99. The molecule has 0 bridgehead atoms. The van der Waals surface area contributed by atoms with Gasteiger partial charge >= 0.3 is 11.9 Å². The molecule has 0 fully saturated rings. The van der Waals surface area contributed by atoms with Gasteiger partial charge in [-0.05, 0) is 38.8 Å². The minimum Gasteiger partial charge on any atom is -0.466 e. The molecule has 0 radical (unpaired) electrons.